The summed E-state index contributed by atoms with van der Waals surface area (Å²) in [5.41, 5.74) is 3.46. The second-order valence-corrected chi connectivity index (χ2v) is 6.69. The molecule has 0 spiro atoms. The lowest BCUT2D eigenvalue weighted by molar-refractivity contribution is -0.117. The van der Waals surface area contributed by atoms with E-state index in [-0.39, 0.29) is 17.0 Å². The van der Waals surface area contributed by atoms with Crippen LogP contribution >= 0.6 is 0 Å². The second kappa shape index (κ2) is 6.47. The number of aliphatic hydroxyl groups is 1. The van der Waals surface area contributed by atoms with E-state index in [1.165, 1.54) is 11.1 Å². The standard InChI is InChI=1S/C19H25NO2/c1-5-13-8-7-9-14(6-2)18(13)20-12-15-16(21)10-19(3,4)11-17(15)22/h7-9,12,21H,5-6,10-11H2,1-4H3. The molecular formula is C19H25NO2. The Hall–Kier alpha value is -1.90. The summed E-state index contributed by atoms with van der Waals surface area (Å²) >= 11 is 0. The topological polar surface area (TPSA) is 49.7 Å². The molecule has 0 aliphatic heterocycles. The monoisotopic (exact) mass is 299 g/mol. The average Bonchev–Trinajstić information content (AvgIpc) is 2.44. The maximum atomic E-state index is 12.2. The number of Topliss-reactive ketones (excluding diaryl/α,β-unsaturated/α-hetero) is 1. The van der Waals surface area contributed by atoms with Gasteiger partial charge in [-0.3, -0.25) is 9.79 Å². The lowest BCUT2D eigenvalue weighted by atomic mass is 9.77. The first kappa shape index (κ1) is 16.5. The van der Waals surface area contributed by atoms with Crippen molar-refractivity contribution in [3.05, 3.63) is 40.7 Å². The first-order valence-corrected chi connectivity index (χ1v) is 7.98. The number of allylic oxidation sites excluding steroid dienone is 2. The quantitative estimate of drug-likeness (QED) is 0.818. The lowest BCUT2D eigenvalue weighted by Gasteiger charge is -2.28. The summed E-state index contributed by atoms with van der Waals surface area (Å²) in [6, 6.07) is 6.17. The van der Waals surface area contributed by atoms with Crippen molar-refractivity contribution in [2.24, 2.45) is 10.4 Å². The highest BCUT2D eigenvalue weighted by Crippen LogP contribution is 2.35. The van der Waals surface area contributed by atoms with E-state index >= 15 is 0 Å². The number of para-hydroxylation sites is 1. The van der Waals surface area contributed by atoms with Crippen molar-refractivity contribution in [2.45, 2.75) is 53.4 Å². The maximum absolute atomic E-state index is 12.2. The molecule has 0 saturated heterocycles. The molecule has 2 rings (SSSR count). The van der Waals surface area contributed by atoms with Crippen molar-refractivity contribution in [3.63, 3.8) is 0 Å². The van der Waals surface area contributed by atoms with Gasteiger partial charge in [-0.05, 0) is 29.4 Å². The smallest absolute Gasteiger partial charge is 0.168 e. The molecule has 0 atom stereocenters. The summed E-state index contributed by atoms with van der Waals surface area (Å²) in [4.78, 5) is 16.8. The normalized spacial score (nSPS) is 18.3. The van der Waals surface area contributed by atoms with Crippen molar-refractivity contribution >= 4 is 17.7 Å². The van der Waals surface area contributed by atoms with Gasteiger partial charge in [-0.1, -0.05) is 45.9 Å². The van der Waals surface area contributed by atoms with Crippen LogP contribution in [-0.2, 0) is 17.6 Å². The minimum atomic E-state index is -0.172. The molecule has 1 aromatic carbocycles. The molecule has 0 bridgehead atoms. The molecule has 0 aromatic heterocycles. The molecule has 0 unspecified atom stereocenters. The predicted molar refractivity (Wildman–Crippen MR) is 91.0 cm³/mol. The van der Waals surface area contributed by atoms with Gasteiger partial charge in [0.1, 0.15) is 5.76 Å². The summed E-state index contributed by atoms with van der Waals surface area (Å²) in [5, 5.41) is 10.2. The van der Waals surface area contributed by atoms with Crippen LogP contribution in [-0.4, -0.2) is 17.1 Å². The highest BCUT2D eigenvalue weighted by atomic mass is 16.3. The molecule has 0 saturated carbocycles. The molecule has 0 radical (unpaired) electrons. The Kier molecular flexibility index (Phi) is 4.84. The van der Waals surface area contributed by atoms with Crippen LogP contribution in [0.3, 0.4) is 0 Å². The summed E-state index contributed by atoms with van der Waals surface area (Å²) in [5.74, 6) is 0.140. The van der Waals surface area contributed by atoms with Gasteiger partial charge in [0.15, 0.2) is 5.78 Å². The number of aliphatic hydroxyl groups excluding tert-OH is 1. The number of benzene rings is 1. The van der Waals surface area contributed by atoms with E-state index in [0.29, 0.717) is 18.4 Å². The molecule has 1 aliphatic rings. The molecular weight excluding hydrogens is 274 g/mol. The number of hydrogen-bond acceptors (Lipinski definition) is 3. The van der Waals surface area contributed by atoms with Gasteiger partial charge in [0, 0.05) is 19.1 Å². The van der Waals surface area contributed by atoms with E-state index in [1.807, 2.05) is 19.9 Å². The first-order chi connectivity index (χ1) is 10.4. The van der Waals surface area contributed by atoms with E-state index in [9.17, 15) is 9.90 Å². The summed E-state index contributed by atoms with van der Waals surface area (Å²) in [6.45, 7) is 8.19. The van der Waals surface area contributed by atoms with Crippen LogP contribution < -0.4 is 0 Å². The average molecular weight is 299 g/mol. The molecule has 3 heteroatoms. The first-order valence-electron chi connectivity index (χ1n) is 7.98. The van der Waals surface area contributed by atoms with Gasteiger partial charge in [-0.2, -0.15) is 0 Å². The van der Waals surface area contributed by atoms with Gasteiger partial charge in [-0.15, -0.1) is 0 Å². The molecule has 3 nitrogen and oxygen atoms in total. The van der Waals surface area contributed by atoms with E-state index in [0.717, 1.165) is 18.5 Å². The Morgan fingerprint density at radius 3 is 2.27 bits per heavy atom. The molecule has 22 heavy (non-hydrogen) atoms. The number of carbonyl (C=O) groups is 1. The van der Waals surface area contributed by atoms with Crippen molar-refractivity contribution in [2.75, 3.05) is 0 Å². The number of aliphatic imine (C=N–C) groups is 1. The zero-order valence-electron chi connectivity index (χ0n) is 13.9. The molecule has 1 aromatic rings. The number of ketones is 1. The molecule has 1 aliphatic carbocycles. The van der Waals surface area contributed by atoms with Gasteiger partial charge in [0.2, 0.25) is 0 Å². The van der Waals surface area contributed by atoms with E-state index in [1.54, 1.807) is 6.21 Å². The van der Waals surface area contributed by atoms with E-state index in [2.05, 4.69) is 31.0 Å². The van der Waals surface area contributed by atoms with Gasteiger partial charge in [0.05, 0.1) is 11.3 Å². The lowest BCUT2D eigenvalue weighted by Crippen LogP contribution is -2.26. The van der Waals surface area contributed by atoms with E-state index in [4.69, 9.17) is 0 Å². The van der Waals surface area contributed by atoms with Crippen molar-refractivity contribution in [3.8, 4) is 0 Å². The number of carbonyl (C=O) groups excluding carboxylic acids is 1. The third-order valence-corrected chi connectivity index (χ3v) is 4.18. The Labute approximate surface area is 132 Å². The van der Waals surface area contributed by atoms with Crippen molar-refractivity contribution in [1.82, 2.24) is 0 Å². The second-order valence-electron chi connectivity index (χ2n) is 6.69. The molecule has 0 heterocycles. The van der Waals surface area contributed by atoms with Crippen LogP contribution in [0.15, 0.2) is 34.5 Å². The maximum Gasteiger partial charge on any atom is 0.168 e. The number of hydrogen-bond donors (Lipinski definition) is 1. The molecule has 0 fully saturated rings. The fraction of sp³-hybridized carbons (Fsp3) is 0.474. The fourth-order valence-electron chi connectivity index (χ4n) is 2.96. The Balaban J connectivity index is 2.39. The Morgan fingerprint density at radius 1 is 1.18 bits per heavy atom. The summed E-state index contributed by atoms with van der Waals surface area (Å²) < 4.78 is 0. The number of rotatable bonds is 4. The van der Waals surface area contributed by atoms with Gasteiger partial charge >= 0.3 is 0 Å². The zero-order chi connectivity index (χ0) is 16.3. The highest BCUT2D eigenvalue weighted by Gasteiger charge is 2.32. The molecule has 1 N–H and O–H groups in total. The minimum absolute atomic E-state index is 0.0236. The van der Waals surface area contributed by atoms with Gasteiger partial charge in [0.25, 0.3) is 0 Å². The fourth-order valence-corrected chi connectivity index (χ4v) is 2.96. The zero-order valence-corrected chi connectivity index (χ0v) is 13.9. The van der Waals surface area contributed by atoms with E-state index < -0.39 is 0 Å². The van der Waals surface area contributed by atoms with Crippen LogP contribution in [0, 0.1) is 5.41 Å². The van der Waals surface area contributed by atoms with Crippen LogP contribution in [0.5, 0.6) is 0 Å². The van der Waals surface area contributed by atoms with Crippen LogP contribution in [0.25, 0.3) is 0 Å². The number of aryl methyl sites for hydroxylation is 2. The summed E-state index contributed by atoms with van der Waals surface area (Å²) in [6.07, 6.45) is 4.32. The Morgan fingerprint density at radius 2 is 1.77 bits per heavy atom. The third kappa shape index (κ3) is 3.46. The SMILES string of the molecule is CCc1cccc(CC)c1N=CC1=C(O)CC(C)(C)CC1=O. The van der Waals surface area contributed by atoms with Crippen molar-refractivity contribution in [1.29, 1.82) is 0 Å². The van der Waals surface area contributed by atoms with Crippen molar-refractivity contribution < 1.29 is 9.90 Å². The largest absolute Gasteiger partial charge is 0.511 e. The number of nitrogens with zero attached hydrogens (tertiary/aromatic N) is 1. The van der Waals surface area contributed by atoms with Gasteiger partial charge in [-0.25, -0.2) is 0 Å². The van der Waals surface area contributed by atoms with Crippen LogP contribution in [0.4, 0.5) is 5.69 Å². The van der Waals surface area contributed by atoms with Crippen LogP contribution in [0.2, 0.25) is 0 Å². The third-order valence-electron chi connectivity index (χ3n) is 4.18. The Bertz CT molecular complexity index is 617. The highest BCUT2D eigenvalue weighted by molar-refractivity contribution is 6.15. The van der Waals surface area contributed by atoms with Crippen LogP contribution in [0.1, 0.15) is 51.7 Å². The summed E-state index contributed by atoms with van der Waals surface area (Å²) in [7, 11) is 0. The van der Waals surface area contributed by atoms with Gasteiger partial charge < -0.3 is 5.11 Å². The predicted octanol–water partition coefficient (Wildman–Crippen LogP) is 4.71. The molecule has 0 amide bonds. The minimum Gasteiger partial charge on any atom is -0.511 e. The molecule has 118 valence electrons.